The smallest absolute Gasteiger partial charge is 0.0777 e. The van der Waals surface area contributed by atoms with E-state index in [1.165, 1.54) is 0 Å². The Morgan fingerprint density at radius 3 is 2.37 bits per heavy atom. The first kappa shape index (κ1) is 14.6. The first-order valence-electron chi connectivity index (χ1n) is 5.61. The standard InChI is InChI=1S/C13H12Cl3N3/c14-9-3-1-8(2-4-9)5-12(19-17)13-11(16)6-10(15)7-18-13/h1-4,6-7,12,19H,5,17H2. The molecule has 0 bridgehead atoms. The Morgan fingerprint density at radius 1 is 1.11 bits per heavy atom. The number of nitrogens with zero attached hydrogens (tertiary/aromatic N) is 1. The highest BCUT2D eigenvalue weighted by atomic mass is 35.5. The summed E-state index contributed by atoms with van der Waals surface area (Å²) in [5, 5.41) is 1.68. The molecule has 0 aliphatic heterocycles. The van der Waals surface area contributed by atoms with Crippen LogP contribution in [-0.2, 0) is 6.42 Å². The number of rotatable bonds is 4. The van der Waals surface area contributed by atoms with Gasteiger partial charge in [0.1, 0.15) is 0 Å². The maximum Gasteiger partial charge on any atom is 0.0777 e. The van der Waals surface area contributed by atoms with E-state index in [4.69, 9.17) is 40.6 Å². The molecule has 1 heterocycles. The fourth-order valence-corrected chi connectivity index (χ4v) is 2.41. The number of hydrogen-bond acceptors (Lipinski definition) is 3. The van der Waals surface area contributed by atoms with Gasteiger partial charge in [-0.25, -0.2) is 0 Å². The van der Waals surface area contributed by atoms with Crippen molar-refractivity contribution in [3.05, 3.63) is 62.9 Å². The van der Waals surface area contributed by atoms with Gasteiger partial charge in [-0.15, -0.1) is 0 Å². The zero-order valence-corrected chi connectivity index (χ0v) is 12.2. The molecule has 19 heavy (non-hydrogen) atoms. The predicted molar refractivity (Wildman–Crippen MR) is 79.5 cm³/mol. The molecule has 0 saturated carbocycles. The molecule has 0 spiro atoms. The summed E-state index contributed by atoms with van der Waals surface area (Å²) in [6.07, 6.45) is 2.21. The third-order valence-corrected chi connectivity index (χ3v) is 3.48. The summed E-state index contributed by atoms with van der Waals surface area (Å²) in [4.78, 5) is 4.23. The van der Waals surface area contributed by atoms with E-state index in [1.54, 1.807) is 12.3 Å². The number of nitrogens with two attached hydrogens (primary N) is 1. The van der Waals surface area contributed by atoms with Crippen molar-refractivity contribution >= 4 is 34.8 Å². The number of pyridine rings is 1. The van der Waals surface area contributed by atoms with Gasteiger partial charge in [0, 0.05) is 11.2 Å². The minimum atomic E-state index is -0.189. The molecule has 100 valence electrons. The number of hydrogen-bond donors (Lipinski definition) is 2. The van der Waals surface area contributed by atoms with Crippen LogP contribution in [0.25, 0.3) is 0 Å². The quantitative estimate of drug-likeness (QED) is 0.666. The zero-order valence-electron chi connectivity index (χ0n) is 9.91. The van der Waals surface area contributed by atoms with E-state index in [0.717, 1.165) is 5.56 Å². The van der Waals surface area contributed by atoms with Crippen LogP contribution in [0.3, 0.4) is 0 Å². The minimum absolute atomic E-state index is 0.189. The Labute approximate surface area is 126 Å². The molecule has 3 nitrogen and oxygen atoms in total. The molecule has 0 aliphatic carbocycles. The second-order valence-electron chi connectivity index (χ2n) is 4.07. The Balaban J connectivity index is 2.22. The highest BCUT2D eigenvalue weighted by Gasteiger charge is 2.16. The molecule has 0 amide bonds. The summed E-state index contributed by atoms with van der Waals surface area (Å²) in [6.45, 7) is 0. The van der Waals surface area contributed by atoms with Crippen LogP contribution in [0, 0.1) is 0 Å². The van der Waals surface area contributed by atoms with Gasteiger partial charge in [0.25, 0.3) is 0 Å². The van der Waals surface area contributed by atoms with Crippen LogP contribution in [0.4, 0.5) is 0 Å². The molecule has 0 fully saturated rings. The van der Waals surface area contributed by atoms with Crippen LogP contribution >= 0.6 is 34.8 Å². The van der Waals surface area contributed by atoms with Gasteiger partial charge in [-0.3, -0.25) is 16.3 Å². The lowest BCUT2D eigenvalue weighted by Gasteiger charge is -2.16. The fourth-order valence-electron chi connectivity index (χ4n) is 1.77. The van der Waals surface area contributed by atoms with E-state index < -0.39 is 0 Å². The van der Waals surface area contributed by atoms with Crippen molar-refractivity contribution in [3.8, 4) is 0 Å². The van der Waals surface area contributed by atoms with Gasteiger partial charge >= 0.3 is 0 Å². The first-order valence-corrected chi connectivity index (χ1v) is 6.75. The Bertz CT molecular complexity index is 558. The Kier molecular flexibility index (Phi) is 5.02. The van der Waals surface area contributed by atoms with Crippen molar-refractivity contribution in [2.24, 2.45) is 5.84 Å². The Hall–Kier alpha value is -0.840. The third kappa shape index (κ3) is 3.81. The summed E-state index contributed by atoms with van der Waals surface area (Å²) in [5.74, 6) is 5.58. The van der Waals surface area contributed by atoms with Crippen molar-refractivity contribution < 1.29 is 0 Å². The van der Waals surface area contributed by atoms with Crippen molar-refractivity contribution in [2.45, 2.75) is 12.5 Å². The van der Waals surface area contributed by atoms with E-state index in [0.29, 0.717) is 27.2 Å². The molecule has 6 heteroatoms. The maximum absolute atomic E-state index is 6.13. The van der Waals surface area contributed by atoms with Crippen LogP contribution in [-0.4, -0.2) is 4.98 Å². The monoisotopic (exact) mass is 315 g/mol. The van der Waals surface area contributed by atoms with Crippen LogP contribution < -0.4 is 11.3 Å². The average Bonchev–Trinajstić information content (AvgIpc) is 2.39. The molecular weight excluding hydrogens is 305 g/mol. The number of nitrogens with one attached hydrogen (secondary N) is 1. The number of halogens is 3. The van der Waals surface area contributed by atoms with Crippen LogP contribution in [0.5, 0.6) is 0 Å². The van der Waals surface area contributed by atoms with E-state index >= 15 is 0 Å². The van der Waals surface area contributed by atoms with E-state index in [1.807, 2.05) is 24.3 Å². The van der Waals surface area contributed by atoms with E-state index in [2.05, 4.69) is 10.4 Å². The normalized spacial score (nSPS) is 12.4. The van der Waals surface area contributed by atoms with Gasteiger partial charge < -0.3 is 0 Å². The summed E-state index contributed by atoms with van der Waals surface area (Å²) in [6, 6.07) is 9.01. The van der Waals surface area contributed by atoms with Crippen molar-refractivity contribution in [2.75, 3.05) is 0 Å². The van der Waals surface area contributed by atoms with Crippen LogP contribution in [0.15, 0.2) is 36.5 Å². The van der Waals surface area contributed by atoms with E-state index in [-0.39, 0.29) is 6.04 Å². The van der Waals surface area contributed by atoms with Gasteiger partial charge in [0.15, 0.2) is 0 Å². The second kappa shape index (κ2) is 6.55. The molecule has 2 rings (SSSR count). The van der Waals surface area contributed by atoms with Crippen molar-refractivity contribution in [1.82, 2.24) is 10.4 Å². The van der Waals surface area contributed by atoms with Crippen LogP contribution in [0.2, 0.25) is 15.1 Å². The largest absolute Gasteiger partial charge is 0.271 e. The zero-order chi connectivity index (χ0) is 13.8. The molecule has 1 aromatic heterocycles. The lowest BCUT2D eigenvalue weighted by molar-refractivity contribution is 0.538. The fraction of sp³-hybridized carbons (Fsp3) is 0.154. The molecule has 3 N–H and O–H groups in total. The van der Waals surface area contributed by atoms with Crippen LogP contribution in [0.1, 0.15) is 17.3 Å². The SMILES string of the molecule is NNC(Cc1ccc(Cl)cc1)c1ncc(Cl)cc1Cl. The minimum Gasteiger partial charge on any atom is -0.271 e. The Morgan fingerprint density at radius 2 is 1.79 bits per heavy atom. The molecular formula is C13H12Cl3N3. The summed E-state index contributed by atoms with van der Waals surface area (Å²) in [5.41, 5.74) is 4.47. The van der Waals surface area contributed by atoms with Gasteiger partial charge in [-0.2, -0.15) is 0 Å². The van der Waals surface area contributed by atoms with Gasteiger partial charge in [0.05, 0.1) is 21.8 Å². The van der Waals surface area contributed by atoms with Gasteiger partial charge in [0.2, 0.25) is 0 Å². The molecule has 0 aliphatic rings. The number of aromatic nitrogens is 1. The lowest BCUT2D eigenvalue weighted by atomic mass is 10.0. The number of benzene rings is 1. The highest BCUT2D eigenvalue weighted by Crippen LogP contribution is 2.26. The first-order chi connectivity index (χ1) is 9.10. The van der Waals surface area contributed by atoms with Gasteiger partial charge in [-0.05, 0) is 30.2 Å². The number of hydrazine groups is 1. The molecule has 2 aromatic rings. The summed E-state index contributed by atoms with van der Waals surface area (Å²) in [7, 11) is 0. The lowest BCUT2D eigenvalue weighted by Crippen LogP contribution is -2.30. The second-order valence-corrected chi connectivity index (χ2v) is 5.35. The third-order valence-electron chi connectivity index (χ3n) is 2.72. The molecule has 0 radical (unpaired) electrons. The predicted octanol–water partition coefficient (Wildman–Crippen LogP) is 3.79. The van der Waals surface area contributed by atoms with Crippen molar-refractivity contribution in [1.29, 1.82) is 0 Å². The summed E-state index contributed by atoms with van der Waals surface area (Å²) < 4.78 is 0. The topological polar surface area (TPSA) is 50.9 Å². The highest BCUT2D eigenvalue weighted by molar-refractivity contribution is 6.34. The van der Waals surface area contributed by atoms with Gasteiger partial charge in [-0.1, -0.05) is 46.9 Å². The van der Waals surface area contributed by atoms with Crippen molar-refractivity contribution in [3.63, 3.8) is 0 Å². The molecule has 1 aromatic carbocycles. The summed E-state index contributed by atoms with van der Waals surface area (Å²) >= 11 is 17.8. The van der Waals surface area contributed by atoms with E-state index in [9.17, 15) is 0 Å². The average molecular weight is 317 g/mol. The molecule has 0 saturated heterocycles. The maximum atomic E-state index is 6.13. The molecule has 1 unspecified atom stereocenters. The molecule has 1 atom stereocenters.